The highest BCUT2D eigenvalue weighted by Gasteiger charge is 2.43. The number of carbonyl (C=O) groups is 2. The zero-order valence-corrected chi connectivity index (χ0v) is 22.8. The smallest absolute Gasteiger partial charge is 0.338 e. The van der Waals surface area contributed by atoms with Crippen LogP contribution in [-0.4, -0.2) is 57.2 Å². The quantitative estimate of drug-likeness (QED) is 0.168. The van der Waals surface area contributed by atoms with Crippen LogP contribution in [0.5, 0.6) is 0 Å². The monoisotopic (exact) mass is 569 g/mol. The van der Waals surface area contributed by atoms with Crippen molar-refractivity contribution in [3.8, 4) is 0 Å². The van der Waals surface area contributed by atoms with Gasteiger partial charge in [-0.15, -0.1) is 0 Å². The molecule has 0 saturated carbocycles. The number of carbonyl (C=O) groups excluding carboxylic acids is 2. The second kappa shape index (κ2) is 11.8. The van der Waals surface area contributed by atoms with Crippen LogP contribution in [0.25, 0.3) is 10.9 Å². The predicted molar refractivity (Wildman–Crippen MR) is 154 cm³/mol. The van der Waals surface area contributed by atoms with Crippen LogP contribution in [0.3, 0.4) is 0 Å². The Labute approximate surface area is 242 Å². The Kier molecular flexibility index (Phi) is 7.73. The number of nitro groups is 1. The molecular formula is C32H31N3O7. The Morgan fingerprint density at radius 2 is 1.83 bits per heavy atom. The molecule has 4 atom stereocenters. The van der Waals surface area contributed by atoms with E-state index in [9.17, 15) is 24.8 Å². The summed E-state index contributed by atoms with van der Waals surface area (Å²) >= 11 is 0. The lowest BCUT2D eigenvalue weighted by Gasteiger charge is -2.38. The van der Waals surface area contributed by atoms with Gasteiger partial charge < -0.3 is 19.6 Å². The minimum atomic E-state index is -1.23. The number of H-pyrrole nitrogens is 1. The van der Waals surface area contributed by atoms with E-state index in [4.69, 9.17) is 9.47 Å². The number of fused-ring (bicyclic) bond motifs is 3. The van der Waals surface area contributed by atoms with Gasteiger partial charge in [-0.25, -0.2) is 4.79 Å². The van der Waals surface area contributed by atoms with Gasteiger partial charge in [-0.2, -0.15) is 0 Å². The zero-order valence-electron chi connectivity index (χ0n) is 22.8. The normalized spacial score (nSPS) is 21.1. The van der Waals surface area contributed by atoms with E-state index in [0.29, 0.717) is 6.42 Å². The average molecular weight is 570 g/mol. The summed E-state index contributed by atoms with van der Waals surface area (Å²) < 4.78 is 10.9. The third-order valence-electron chi connectivity index (χ3n) is 8.26. The SMILES string of the molecule is O=C1C[C@@H](C[C@H]2c3[nH]c4ccccc4c3CCN2Cc2ccccc2)[C@@H]([C@H](O)COC(=O)c2ccc([N+](=O)[O-])cc2)O1. The maximum absolute atomic E-state index is 12.5. The van der Waals surface area contributed by atoms with Crippen molar-refractivity contribution in [1.29, 1.82) is 0 Å². The summed E-state index contributed by atoms with van der Waals surface area (Å²) in [5.41, 5.74) is 4.64. The first kappa shape index (κ1) is 27.6. The third kappa shape index (κ3) is 5.63. The molecule has 0 unspecified atom stereocenters. The summed E-state index contributed by atoms with van der Waals surface area (Å²) in [6.07, 6.45) is -0.445. The van der Waals surface area contributed by atoms with Crippen LogP contribution in [0.15, 0.2) is 78.9 Å². The first-order chi connectivity index (χ1) is 20.4. The number of nitro benzene ring substituents is 1. The van der Waals surface area contributed by atoms with Crippen molar-refractivity contribution in [2.24, 2.45) is 5.92 Å². The molecule has 10 nitrogen and oxygen atoms in total. The summed E-state index contributed by atoms with van der Waals surface area (Å²) in [7, 11) is 0. The minimum absolute atomic E-state index is 0.0433. The molecule has 1 fully saturated rings. The van der Waals surface area contributed by atoms with E-state index in [1.54, 1.807) is 0 Å². The molecule has 4 aromatic rings. The van der Waals surface area contributed by atoms with Gasteiger partial charge in [0.05, 0.1) is 22.9 Å². The summed E-state index contributed by atoms with van der Waals surface area (Å²) in [4.78, 5) is 41.4. The van der Waals surface area contributed by atoms with E-state index in [0.717, 1.165) is 30.7 Å². The second-order valence-electron chi connectivity index (χ2n) is 10.9. The van der Waals surface area contributed by atoms with Crippen molar-refractivity contribution in [3.63, 3.8) is 0 Å². The zero-order chi connectivity index (χ0) is 29.2. The van der Waals surface area contributed by atoms with Gasteiger partial charge in [0.15, 0.2) is 0 Å². The largest absolute Gasteiger partial charge is 0.459 e. The number of nitrogens with zero attached hydrogens (tertiary/aromatic N) is 2. The molecule has 0 spiro atoms. The molecule has 0 bridgehead atoms. The van der Waals surface area contributed by atoms with Gasteiger partial charge in [0, 0.05) is 47.7 Å². The van der Waals surface area contributed by atoms with Gasteiger partial charge in [-0.05, 0) is 42.2 Å². The summed E-state index contributed by atoms with van der Waals surface area (Å²) in [5.74, 6) is -1.42. The van der Waals surface area contributed by atoms with Crippen molar-refractivity contribution in [1.82, 2.24) is 9.88 Å². The highest BCUT2D eigenvalue weighted by molar-refractivity contribution is 5.89. The summed E-state index contributed by atoms with van der Waals surface area (Å²) in [6, 6.07) is 23.5. The number of para-hydroxylation sites is 1. The van der Waals surface area contributed by atoms with Crippen LogP contribution in [0.1, 0.15) is 46.1 Å². The van der Waals surface area contributed by atoms with Crippen LogP contribution in [0.4, 0.5) is 5.69 Å². The Morgan fingerprint density at radius 3 is 2.60 bits per heavy atom. The van der Waals surface area contributed by atoms with E-state index >= 15 is 0 Å². The molecule has 1 saturated heterocycles. The van der Waals surface area contributed by atoms with Crippen LogP contribution < -0.4 is 0 Å². The highest BCUT2D eigenvalue weighted by Crippen LogP contribution is 2.42. The maximum atomic E-state index is 12.5. The topological polar surface area (TPSA) is 135 Å². The second-order valence-corrected chi connectivity index (χ2v) is 10.9. The Balaban J connectivity index is 1.20. The fourth-order valence-corrected chi connectivity index (χ4v) is 6.22. The van der Waals surface area contributed by atoms with E-state index in [1.807, 2.05) is 30.3 Å². The number of nitrogens with one attached hydrogen (secondary N) is 1. The lowest BCUT2D eigenvalue weighted by atomic mass is 9.85. The Hall–Kier alpha value is -4.54. The number of aromatic nitrogens is 1. The number of hydrogen-bond acceptors (Lipinski definition) is 8. The molecule has 3 heterocycles. The van der Waals surface area contributed by atoms with Crippen molar-refractivity contribution < 1.29 is 29.1 Å². The van der Waals surface area contributed by atoms with Gasteiger partial charge in [-0.3, -0.25) is 19.8 Å². The number of aliphatic hydroxyl groups excluding tert-OH is 1. The van der Waals surface area contributed by atoms with Crippen molar-refractivity contribution in [3.05, 3.63) is 111 Å². The van der Waals surface area contributed by atoms with Crippen molar-refractivity contribution in [2.75, 3.05) is 13.2 Å². The standard InChI is InChI=1S/C32H31N3O7/c36-28(19-41-32(38)21-10-12-23(13-11-21)35(39)40)31-22(17-29(37)42-31)16-27-30-25(24-8-4-5-9-26(24)33-30)14-15-34(27)18-20-6-2-1-3-7-20/h1-13,22,27-28,31,33,36H,14-19H2/t22-,27+,28-,31+/m1/s1. The van der Waals surface area contributed by atoms with Gasteiger partial charge in [0.25, 0.3) is 5.69 Å². The van der Waals surface area contributed by atoms with Gasteiger partial charge in [-0.1, -0.05) is 48.5 Å². The maximum Gasteiger partial charge on any atom is 0.338 e. The van der Waals surface area contributed by atoms with Crippen molar-refractivity contribution >= 4 is 28.5 Å². The molecule has 2 aliphatic rings. The molecule has 10 heteroatoms. The molecule has 6 rings (SSSR count). The third-order valence-corrected chi connectivity index (χ3v) is 8.26. The molecule has 216 valence electrons. The first-order valence-electron chi connectivity index (χ1n) is 14.0. The molecule has 2 aliphatic heterocycles. The van der Waals surface area contributed by atoms with Crippen LogP contribution in [-0.2, 0) is 27.2 Å². The van der Waals surface area contributed by atoms with E-state index in [-0.39, 0.29) is 36.2 Å². The van der Waals surface area contributed by atoms with Crippen LogP contribution >= 0.6 is 0 Å². The fraction of sp³-hybridized carbons (Fsp3) is 0.312. The molecule has 2 N–H and O–H groups in total. The molecule has 42 heavy (non-hydrogen) atoms. The number of aromatic amines is 1. The molecule has 0 radical (unpaired) electrons. The Bertz CT molecular complexity index is 1600. The minimum Gasteiger partial charge on any atom is -0.459 e. The summed E-state index contributed by atoms with van der Waals surface area (Å²) in [5, 5.41) is 23.1. The Morgan fingerprint density at radius 1 is 1.10 bits per heavy atom. The number of non-ortho nitro benzene ring substituents is 1. The lowest BCUT2D eigenvalue weighted by molar-refractivity contribution is -0.384. The summed E-state index contributed by atoms with van der Waals surface area (Å²) in [6.45, 7) is 1.21. The number of esters is 2. The first-order valence-corrected chi connectivity index (χ1v) is 14.0. The molecular weight excluding hydrogens is 538 g/mol. The number of hydrogen-bond donors (Lipinski definition) is 2. The lowest BCUT2D eigenvalue weighted by Crippen LogP contribution is -2.40. The van der Waals surface area contributed by atoms with E-state index in [2.05, 4.69) is 34.1 Å². The average Bonchev–Trinajstić information content (AvgIpc) is 3.57. The number of aliphatic hydroxyl groups is 1. The van der Waals surface area contributed by atoms with Gasteiger partial charge >= 0.3 is 11.9 Å². The van der Waals surface area contributed by atoms with Gasteiger partial charge in [0.2, 0.25) is 0 Å². The molecule has 1 aromatic heterocycles. The number of rotatable bonds is 9. The van der Waals surface area contributed by atoms with E-state index < -0.39 is 29.1 Å². The molecule has 0 aliphatic carbocycles. The number of benzene rings is 3. The van der Waals surface area contributed by atoms with Gasteiger partial charge in [0.1, 0.15) is 18.8 Å². The molecule has 0 amide bonds. The van der Waals surface area contributed by atoms with Crippen LogP contribution in [0, 0.1) is 16.0 Å². The van der Waals surface area contributed by atoms with Crippen LogP contribution in [0.2, 0.25) is 0 Å². The fourth-order valence-electron chi connectivity index (χ4n) is 6.22. The van der Waals surface area contributed by atoms with Crippen molar-refractivity contribution in [2.45, 2.75) is 44.1 Å². The molecule has 3 aromatic carbocycles. The highest BCUT2D eigenvalue weighted by atomic mass is 16.6. The van der Waals surface area contributed by atoms with E-state index in [1.165, 1.54) is 40.8 Å². The number of cyclic esters (lactones) is 1. The predicted octanol–water partition coefficient (Wildman–Crippen LogP) is 4.72. The number of ether oxygens (including phenoxy) is 2.